The summed E-state index contributed by atoms with van der Waals surface area (Å²) in [5.41, 5.74) is 0.658. The van der Waals surface area contributed by atoms with Gasteiger partial charge in [-0.15, -0.1) is 0 Å². The van der Waals surface area contributed by atoms with Crippen molar-refractivity contribution in [1.29, 1.82) is 0 Å². The molecule has 0 bridgehead atoms. The highest BCUT2D eigenvalue weighted by atomic mass is 16.5. The van der Waals surface area contributed by atoms with Gasteiger partial charge in [-0.25, -0.2) is 0 Å². The van der Waals surface area contributed by atoms with Crippen LogP contribution in [0.15, 0.2) is 24.3 Å². The first-order chi connectivity index (χ1) is 9.17. The molecule has 4 heteroatoms. The Balaban J connectivity index is 2.37. The van der Waals surface area contributed by atoms with Crippen LogP contribution in [0.2, 0.25) is 0 Å². The summed E-state index contributed by atoms with van der Waals surface area (Å²) in [5, 5.41) is 0. The second kappa shape index (κ2) is 8.29. The molecule has 0 spiro atoms. The molecule has 0 aliphatic carbocycles. The van der Waals surface area contributed by atoms with E-state index in [4.69, 9.17) is 9.47 Å². The summed E-state index contributed by atoms with van der Waals surface area (Å²) in [6.45, 7) is 4.45. The lowest BCUT2D eigenvalue weighted by atomic mass is 10.1. The van der Waals surface area contributed by atoms with E-state index < -0.39 is 0 Å². The quantitative estimate of drug-likeness (QED) is 0.411. The van der Waals surface area contributed by atoms with Gasteiger partial charge in [0.1, 0.15) is 5.75 Å². The van der Waals surface area contributed by atoms with Crippen molar-refractivity contribution in [2.75, 3.05) is 13.2 Å². The van der Waals surface area contributed by atoms with Gasteiger partial charge in [0.2, 0.25) is 0 Å². The third kappa shape index (κ3) is 5.55. The van der Waals surface area contributed by atoms with Crippen LogP contribution in [-0.4, -0.2) is 25.0 Å². The fraction of sp³-hybridized carbons (Fsp3) is 0.467. The Morgan fingerprint density at radius 3 is 2.68 bits per heavy atom. The number of rotatable bonds is 8. The molecule has 0 fully saturated rings. The zero-order chi connectivity index (χ0) is 14.1. The molecule has 0 heterocycles. The maximum Gasteiger partial charge on any atom is 0.305 e. The number of hydrogen-bond acceptors (Lipinski definition) is 4. The van der Waals surface area contributed by atoms with Crippen LogP contribution in [0, 0.1) is 0 Å². The van der Waals surface area contributed by atoms with Crippen molar-refractivity contribution in [2.24, 2.45) is 0 Å². The molecule has 0 saturated carbocycles. The van der Waals surface area contributed by atoms with Crippen LogP contribution in [0.5, 0.6) is 5.75 Å². The van der Waals surface area contributed by atoms with E-state index in [1.54, 1.807) is 31.2 Å². The molecule has 0 aliphatic rings. The third-order valence-electron chi connectivity index (χ3n) is 2.58. The summed E-state index contributed by atoms with van der Waals surface area (Å²) >= 11 is 0. The maximum absolute atomic E-state index is 11.5. The molecule has 0 aromatic heterocycles. The van der Waals surface area contributed by atoms with E-state index in [1.807, 2.05) is 6.92 Å². The lowest BCUT2D eigenvalue weighted by Gasteiger charge is -2.07. The SMILES string of the molecule is CCOC(=O)CCCOc1cccc(C(=O)CC)c1. The summed E-state index contributed by atoms with van der Waals surface area (Å²) < 4.78 is 10.3. The Hall–Kier alpha value is -1.84. The van der Waals surface area contributed by atoms with Gasteiger partial charge in [0, 0.05) is 18.4 Å². The van der Waals surface area contributed by atoms with Gasteiger partial charge in [0.25, 0.3) is 0 Å². The van der Waals surface area contributed by atoms with Gasteiger partial charge in [0.15, 0.2) is 5.78 Å². The van der Waals surface area contributed by atoms with Crippen LogP contribution < -0.4 is 4.74 Å². The summed E-state index contributed by atoms with van der Waals surface area (Å²) in [5.74, 6) is 0.543. The molecule has 4 nitrogen and oxygen atoms in total. The Morgan fingerprint density at radius 1 is 1.21 bits per heavy atom. The highest BCUT2D eigenvalue weighted by molar-refractivity contribution is 5.96. The van der Waals surface area contributed by atoms with Crippen molar-refractivity contribution in [3.05, 3.63) is 29.8 Å². The van der Waals surface area contributed by atoms with Crippen molar-refractivity contribution in [3.63, 3.8) is 0 Å². The van der Waals surface area contributed by atoms with E-state index in [9.17, 15) is 9.59 Å². The number of Topliss-reactive ketones (excluding diaryl/α,β-unsaturated/α-hetero) is 1. The summed E-state index contributed by atoms with van der Waals surface area (Å²) in [6, 6.07) is 7.11. The molecule has 0 amide bonds. The fourth-order valence-corrected chi connectivity index (χ4v) is 1.60. The van der Waals surface area contributed by atoms with E-state index in [2.05, 4.69) is 0 Å². The number of carbonyl (C=O) groups excluding carboxylic acids is 2. The second-order valence-electron chi connectivity index (χ2n) is 4.06. The molecule has 19 heavy (non-hydrogen) atoms. The van der Waals surface area contributed by atoms with Gasteiger partial charge in [-0.05, 0) is 25.5 Å². The lowest BCUT2D eigenvalue weighted by Crippen LogP contribution is -2.07. The van der Waals surface area contributed by atoms with Crippen LogP contribution in [0.1, 0.15) is 43.5 Å². The monoisotopic (exact) mass is 264 g/mol. The van der Waals surface area contributed by atoms with Crippen LogP contribution in [0.4, 0.5) is 0 Å². The molecule has 0 atom stereocenters. The molecule has 1 aromatic rings. The van der Waals surface area contributed by atoms with E-state index in [0.29, 0.717) is 43.8 Å². The first kappa shape index (κ1) is 15.2. The lowest BCUT2D eigenvalue weighted by molar-refractivity contribution is -0.143. The zero-order valence-corrected chi connectivity index (χ0v) is 11.5. The average Bonchev–Trinajstić information content (AvgIpc) is 2.43. The van der Waals surface area contributed by atoms with E-state index in [-0.39, 0.29) is 11.8 Å². The Labute approximate surface area is 113 Å². The van der Waals surface area contributed by atoms with Crippen molar-refractivity contribution in [3.8, 4) is 5.75 Å². The van der Waals surface area contributed by atoms with Crippen molar-refractivity contribution < 1.29 is 19.1 Å². The van der Waals surface area contributed by atoms with Crippen molar-refractivity contribution in [2.45, 2.75) is 33.1 Å². The fourth-order valence-electron chi connectivity index (χ4n) is 1.60. The first-order valence-electron chi connectivity index (χ1n) is 6.59. The first-order valence-corrected chi connectivity index (χ1v) is 6.59. The molecule has 1 aromatic carbocycles. The van der Waals surface area contributed by atoms with Crippen LogP contribution in [0.25, 0.3) is 0 Å². The smallest absolute Gasteiger partial charge is 0.305 e. The molecule has 0 radical (unpaired) electrons. The number of esters is 1. The van der Waals surface area contributed by atoms with E-state index in [0.717, 1.165) is 0 Å². The van der Waals surface area contributed by atoms with Gasteiger partial charge >= 0.3 is 5.97 Å². The van der Waals surface area contributed by atoms with Crippen LogP contribution in [0.3, 0.4) is 0 Å². The standard InChI is InChI=1S/C15H20O4/c1-3-14(16)12-7-5-8-13(11-12)19-10-6-9-15(17)18-4-2/h5,7-8,11H,3-4,6,9-10H2,1-2H3. The van der Waals surface area contributed by atoms with Gasteiger partial charge in [-0.2, -0.15) is 0 Å². The zero-order valence-electron chi connectivity index (χ0n) is 11.5. The minimum atomic E-state index is -0.207. The number of hydrogen-bond donors (Lipinski definition) is 0. The largest absolute Gasteiger partial charge is 0.494 e. The van der Waals surface area contributed by atoms with Crippen LogP contribution in [-0.2, 0) is 9.53 Å². The van der Waals surface area contributed by atoms with Gasteiger partial charge in [0.05, 0.1) is 13.2 Å². The minimum absolute atomic E-state index is 0.0944. The van der Waals surface area contributed by atoms with Crippen LogP contribution >= 0.6 is 0 Å². The van der Waals surface area contributed by atoms with Gasteiger partial charge < -0.3 is 9.47 Å². The van der Waals surface area contributed by atoms with E-state index >= 15 is 0 Å². The maximum atomic E-state index is 11.5. The highest BCUT2D eigenvalue weighted by Crippen LogP contribution is 2.15. The summed E-state index contributed by atoms with van der Waals surface area (Å²) in [4.78, 5) is 22.7. The summed E-state index contributed by atoms with van der Waals surface area (Å²) in [7, 11) is 0. The molecular weight excluding hydrogens is 244 g/mol. The molecule has 0 unspecified atom stereocenters. The Morgan fingerprint density at radius 2 is 2.00 bits per heavy atom. The topological polar surface area (TPSA) is 52.6 Å². The minimum Gasteiger partial charge on any atom is -0.494 e. The molecular formula is C15H20O4. The highest BCUT2D eigenvalue weighted by Gasteiger charge is 2.05. The predicted molar refractivity (Wildman–Crippen MR) is 72.4 cm³/mol. The Kier molecular flexibility index (Phi) is 6.64. The van der Waals surface area contributed by atoms with Gasteiger partial charge in [-0.1, -0.05) is 19.1 Å². The third-order valence-corrected chi connectivity index (χ3v) is 2.58. The number of carbonyl (C=O) groups is 2. The molecule has 0 aliphatic heterocycles. The van der Waals surface area contributed by atoms with Gasteiger partial charge in [-0.3, -0.25) is 9.59 Å². The van der Waals surface area contributed by atoms with E-state index in [1.165, 1.54) is 0 Å². The second-order valence-corrected chi connectivity index (χ2v) is 4.06. The Bertz CT molecular complexity index is 426. The summed E-state index contributed by atoms with van der Waals surface area (Å²) in [6.07, 6.45) is 1.43. The molecule has 1 rings (SSSR count). The number of ketones is 1. The average molecular weight is 264 g/mol. The molecule has 0 saturated heterocycles. The number of ether oxygens (including phenoxy) is 2. The molecule has 0 N–H and O–H groups in total. The van der Waals surface area contributed by atoms with Crippen molar-refractivity contribution in [1.82, 2.24) is 0 Å². The number of benzene rings is 1. The van der Waals surface area contributed by atoms with Crippen molar-refractivity contribution >= 4 is 11.8 Å². The molecule has 104 valence electrons. The normalized spacial score (nSPS) is 10.0. The predicted octanol–water partition coefficient (Wildman–Crippen LogP) is 3.00.